The first-order valence-corrected chi connectivity index (χ1v) is 9.79. The largest absolute Gasteiger partial charge is 0.296 e. The maximum absolute atomic E-state index is 12.1. The minimum absolute atomic E-state index is 0.121. The first kappa shape index (κ1) is 17.4. The molecule has 0 radical (unpaired) electrons. The molecule has 3 heterocycles. The van der Waals surface area contributed by atoms with Gasteiger partial charge in [-0.15, -0.1) is 10.2 Å². The van der Waals surface area contributed by atoms with Gasteiger partial charge in [0.25, 0.3) is 11.5 Å². The van der Waals surface area contributed by atoms with Gasteiger partial charge in [-0.3, -0.25) is 19.3 Å². The summed E-state index contributed by atoms with van der Waals surface area (Å²) in [7, 11) is 0. The highest BCUT2D eigenvalue weighted by atomic mass is 32.2. The Labute approximate surface area is 162 Å². The molecule has 0 unspecified atom stereocenters. The molecule has 0 saturated carbocycles. The zero-order chi connectivity index (χ0) is 18.6. The third kappa shape index (κ3) is 4.04. The lowest BCUT2D eigenvalue weighted by Gasteiger charge is -2.02. The van der Waals surface area contributed by atoms with E-state index in [0.717, 1.165) is 0 Å². The molecule has 0 aliphatic heterocycles. The van der Waals surface area contributed by atoms with Gasteiger partial charge in [0.1, 0.15) is 5.65 Å². The van der Waals surface area contributed by atoms with Gasteiger partial charge in [0.05, 0.1) is 5.69 Å². The van der Waals surface area contributed by atoms with Crippen LogP contribution in [0.3, 0.4) is 0 Å². The minimum Gasteiger partial charge on any atom is -0.296 e. The molecule has 9 heteroatoms. The Kier molecular flexibility index (Phi) is 4.95. The Hall–Kier alpha value is -3.04. The maximum atomic E-state index is 12.1. The van der Waals surface area contributed by atoms with E-state index in [1.54, 1.807) is 42.6 Å². The Morgan fingerprint density at radius 2 is 1.93 bits per heavy atom. The molecule has 0 saturated heterocycles. The summed E-state index contributed by atoms with van der Waals surface area (Å²) < 4.78 is 2.18. The quantitative estimate of drug-likeness (QED) is 0.413. The van der Waals surface area contributed by atoms with Gasteiger partial charge in [-0.2, -0.15) is 0 Å². The molecule has 3 aromatic heterocycles. The van der Waals surface area contributed by atoms with Crippen LogP contribution in [-0.2, 0) is 5.75 Å². The maximum Gasteiger partial charge on any atom is 0.258 e. The van der Waals surface area contributed by atoms with Crippen LogP contribution >= 0.6 is 23.1 Å². The number of nitrogens with one attached hydrogen (secondary N) is 1. The van der Waals surface area contributed by atoms with Crippen LogP contribution in [0, 0.1) is 0 Å². The van der Waals surface area contributed by atoms with Gasteiger partial charge in [0, 0.05) is 23.6 Å². The summed E-state index contributed by atoms with van der Waals surface area (Å²) in [5.41, 5.74) is 1.71. The lowest BCUT2D eigenvalue weighted by atomic mass is 10.2. The zero-order valence-electron chi connectivity index (χ0n) is 13.9. The molecule has 1 amide bonds. The van der Waals surface area contributed by atoms with E-state index in [4.69, 9.17) is 0 Å². The van der Waals surface area contributed by atoms with Crippen molar-refractivity contribution < 1.29 is 4.79 Å². The fourth-order valence-corrected chi connectivity index (χ4v) is 4.03. The van der Waals surface area contributed by atoms with Crippen LogP contribution in [0.1, 0.15) is 16.1 Å². The van der Waals surface area contributed by atoms with Crippen LogP contribution in [0.4, 0.5) is 5.13 Å². The molecule has 0 fully saturated rings. The van der Waals surface area contributed by atoms with Gasteiger partial charge in [0.2, 0.25) is 5.13 Å². The first-order chi connectivity index (χ1) is 13.2. The second-order valence-electron chi connectivity index (χ2n) is 5.50. The van der Waals surface area contributed by atoms with Crippen LogP contribution in [-0.4, -0.2) is 25.5 Å². The number of anilines is 1. The van der Waals surface area contributed by atoms with Crippen molar-refractivity contribution in [3.8, 4) is 0 Å². The van der Waals surface area contributed by atoms with Crippen molar-refractivity contribution in [2.24, 2.45) is 0 Å². The Morgan fingerprint density at radius 1 is 1.11 bits per heavy atom. The van der Waals surface area contributed by atoms with E-state index in [9.17, 15) is 9.59 Å². The summed E-state index contributed by atoms with van der Waals surface area (Å²) in [5.74, 6) is 0.259. The number of amides is 1. The van der Waals surface area contributed by atoms with Gasteiger partial charge < -0.3 is 0 Å². The standard InChI is InChI=1S/C18H13N5O2S2/c24-15-10-13(19-14-8-4-5-9-23(14)15)11-26-18-22-21-17(27-18)20-16(25)12-6-2-1-3-7-12/h1-10H,11H2,(H,20,21,25). The molecule has 0 aliphatic carbocycles. The second kappa shape index (κ2) is 7.68. The first-order valence-electron chi connectivity index (χ1n) is 7.99. The summed E-state index contributed by atoms with van der Waals surface area (Å²) in [5, 5.41) is 11.2. The van der Waals surface area contributed by atoms with Gasteiger partial charge in [-0.05, 0) is 24.3 Å². The molecular weight excluding hydrogens is 382 g/mol. The third-order valence-electron chi connectivity index (χ3n) is 3.63. The number of aromatic nitrogens is 4. The van der Waals surface area contributed by atoms with Gasteiger partial charge >= 0.3 is 0 Å². The monoisotopic (exact) mass is 395 g/mol. The minimum atomic E-state index is -0.229. The number of nitrogens with zero attached hydrogens (tertiary/aromatic N) is 4. The van der Waals surface area contributed by atoms with Crippen molar-refractivity contribution in [3.05, 3.63) is 82.4 Å². The van der Waals surface area contributed by atoms with Gasteiger partial charge in [-0.1, -0.05) is 47.4 Å². The molecule has 4 rings (SSSR count). The highest BCUT2D eigenvalue weighted by Crippen LogP contribution is 2.28. The molecule has 0 aliphatic rings. The number of carbonyl (C=O) groups is 1. The van der Waals surface area contributed by atoms with Gasteiger partial charge in [0.15, 0.2) is 4.34 Å². The number of hydrogen-bond acceptors (Lipinski definition) is 7. The van der Waals surface area contributed by atoms with E-state index in [-0.39, 0.29) is 11.5 Å². The van der Waals surface area contributed by atoms with Crippen molar-refractivity contribution in [2.75, 3.05) is 5.32 Å². The summed E-state index contributed by atoms with van der Waals surface area (Å²) in [6.07, 6.45) is 1.69. The number of carbonyl (C=O) groups excluding carboxylic acids is 1. The lowest BCUT2D eigenvalue weighted by molar-refractivity contribution is 0.102. The molecule has 7 nitrogen and oxygen atoms in total. The average Bonchev–Trinajstić information content (AvgIpc) is 3.14. The Balaban J connectivity index is 1.43. The number of pyridine rings is 1. The van der Waals surface area contributed by atoms with Crippen molar-refractivity contribution in [1.29, 1.82) is 0 Å². The predicted molar refractivity (Wildman–Crippen MR) is 105 cm³/mol. The number of benzene rings is 1. The Morgan fingerprint density at radius 3 is 2.78 bits per heavy atom. The van der Waals surface area contributed by atoms with Crippen LogP contribution < -0.4 is 10.9 Å². The number of fused-ring (bicyclic) bond motifs is 1. The molecule has 1 N–H and O–H groups in total. The van der Waals surface area contributed by atoms with Crippen molar-refractivity contribution in [3.63, 3.8) is 0 Å². The summed E-state index contributed by atoms with van der Waals surface area (Å²) >= 11 is 2.70. The second-order valence-corrected chi connectivity index (χ2v) is 7.70. The third-order valence-corrected chi connectivity index (χ3v) is 5.64. The molecule has 134 valence electrons. The van der Waals surface area contributed by atoms with Crippen molar-refractivity contribution >= 4 is 39.8 Å². The zero-order valence-corrected chi connectivity index (χ0v) is 15.5. The smallest absolute Gasteiger partial charge is 0.258 e. The van der Waals surface area contributed by atoms with Crippen molar-refractivity contribution in [1.82, 2.24) is 19.6 Å². The van der Waals surface area contributed by atoms with Crippen LogP contribution in [0.5, 0.6) is 0 Å². The SMILES string of the molecule is O=C(Nc1nnc(SCc2cc(=O)n3ccccc3n2)s1)c1ccccc1. The fourth-order valence-electron chi connectivity index (χ4n) is 2.39. The molecule has 0 atom stereocenters. The number of rotatable bonds is 5. The molecular formula is C18H13N5O2S2. The average molecular weight is 395 g/mol. The summed E-state index contributed by atoms with van der Waals surface area (Å²) in [6, 6.07) is 15.8. The predicted octanol–water partition coefficient (Wildman–Crippen LogP) is 3.09. The van der Waals surface area contributed by atoms with E-state index >= 15 is 0 Å². The topological polar surface area (TPSA) is 89.2 Å². The highest BCUT2D eigenvalue weighted by molar-refractivity contribution is 8.00. The Bertz CT molecular complexity index is 1160. The molecule has 0 bridgehead atoms. The van der Waals surface area contributed by atoms with E-state index < -0.39 is 0 Å². The van der Waals surface area contributed by atoms with Crippen LogP contribution in [0.25, 0.3) is 5.65 Å². The normalized spacial score (nSPS) is 10.8. The lowest BCUT2D eigenvalue weighted by Crippen LogP contribution is -2.14. The fraction of sp³-hybridized carbons (Fsp3) is 0.0556. The summed E-state index contributed by atoms with van der Waals surface area (Å²) in [4.78, 5) is 28.7. The molecule has 4 aromatic rings. The van der Waals surface area contributed by atoms with Crippen LogP contribution in [0.2, 0.25) is 0 Å². The van der Waals surface area contributed by atoms with Crippen LogP contribution in [0.15, 0.2) is 69.9 Å². The van der Waals surface area contributed by atoms with E-state index in [1.807, 2.05) is 12.1 Å². The molecule has 27 heavy (non-hydrogen) atoms. The number of hydrogen-bond donors (Lipinski definition) is 1. The molecule has 0 spiro atoms. The van der Waals surface area contributed by atoms with E-state index in [0.29, 0.717) is 32.1 Å². The van der Waals surface area contributed by atoms with E-state index in [2.05, 4.69) is 20.5 Å². The number of thioether (sulfide) groups is 1. The van der Waals surface area contributed by atoms with Crippen molar-refractivity contribution in [2.45, 2.75) is 10.1 Å². The van der Waals surface area contributed by atoms with Gasteiger partial charge in [-0.25, -0.2) is 4.98 Å². The molecule has 1 aromatic carbocycles. The summed E-state index contributed by atoms with van der Waals surface area (Å²) in [6.45, 7) is 0. The highest BCUT2D eigenvalue weighted by Gasteiger charge is 2.11. The van der Waals surface area contributed by atoms with E-state index in [1.165, 1.54) is 33.6 Å².